The third-order valence-corrected chi connectivity index (χ3v) is 12.4. The van der Waals surface area contributed by atoms with Crippen LogP contribution in [-0.2, 0) is 26.9 Å². The van der Waals surface area contributed by atoms with E-state index in [0.717, 1.165) is 35.7 Å². The van der Waals surface area contributed by atoms with Crippen molar-refractivity contribution in [1.29, 1.82) is 0 Å². The number of amides is 2. The maximum Gasteiger partial charge on any atom is 0.247 e. The molecule has 0 radical (unpaired) electrons. The third kappa shape index (κ3) is 8.27. The molecule has 5 rings (SSSR count). The number of likely N-dealkylation sites (tertiary alicyclic amines) is 1. The van der Waals surface area contributed by atoms with Crippen LogP contribution in [0.2, 0.25) is 0 Å². The summed E-state index contributed by atoms with van der Waals surface area (Å²) in [6.45, 7) is 10.6. The number of aliphatic hydroxyl groups is 3. The molecule has 0 spiro atoms. The first-order chi connectivity index (χ1) is 23.5. The standard InChI is InChI=1S/C39H56N3O7P/c1-23-15-24(9-12-38(2,3)36(46)40-39(4,5)37(47)42-13-10-27(11-14-42)41(6)7)16-26-22-50-33-20-32(48-8)30(18-25(33)17-29(23)26)35-34(45)31(44)19-28(21-43)49-35/h9,12,15-16,18,20,27-28,31,34-35,43-45,50H,10-11,13-14,17,19,21-22H2,1-8H3,(H,40,46)/p+1/b12-9+/t28-,31-,34+,35-/m0/s1. The highest BCUT2D eigenvalue weighted by atomic mass is 31.1. The molecule has 3 aliphatic rings. The highest BCUT2D eigenvalue weighted by Gasteiger charge is 2.40. The van der Waals surface area contributed by atoms with Gasteiger partial charge in [0, 0.05) is 52.2 Å². The minimum absolute atomic E-state index is 0.0492. The number of rotatable bonds is 9. The van der Waals surface area contributed by atoms with Crippen molar-refractivity contribution in [2.75, 3.05) is 40.9 Å². The van der Waals surface area contributed by atoms with E-state index in [4.69, 9.17) is 9.47 Å². The van der Waals surface area contributed by atoms with E-state index < -0.39 is 35.4 Å². The molecule has 3 aliphatic heterocycles. The zero-order valence-electron chi connectivity index (χ0n) is 31.0. The van der Waals surface area contributed by atoms with Crippen LogP contribution in [0.5, 0.6) is 5.75 Å². The number of hydrogen-bond acceptors (Lipinski definition) is 8. The van der Waals surface area contributed by atoms with Crippen LogP contribution in [0.1, 0.15) is 86.4 Å². The van der Waals surface area contributed by atoms with Gasteiger partial charge in [0.1, 0.15) is 23.5 Å². The number of aryl methyl sites for hydroxylation is 1. The van der Waals surface area contributed by atoms with E-state index >= 15 is 0 Å². The van der Waals surface area contributed by atoms with Gasteiger partial charge in [-0.05, 0) is 102 Å². The minimum atomic E-state index is -1.13. The van der Waals surface area contributed by atoms with Crippen molar-refractivity contribution in [2.45, 2.75) is 102 Å². The van der Waals surface area contributed by atoms with E-state index in [0.29, 0.717) is 36.9 Å². The molecule has 274 valence electrons. The number of methoxy groups -OCH3 is 1. The fourth-order valence-corrected chi connectivity index (χ4v) is 8.97. The first kappa shape index (κ1) is 38.4. The summed E-state index contributed by atoms with van der Waals surface area (Å²) < 4.78 is 11.8. The van der Waals surface area contributed by atoms with E-state index in [2.05, 4.69) is 43.4 Å². The average molecular weight is 711 g/mol. The number of nitrogens with zero attached hydrogens (tertiary/aromatic N) is 2. The summed E-state index contributed by atoms with van der Waals surface area (Å²) in [6, 6.07) is 8.92. The van der Waals surface area contributed by atoms with Crippen molar-refractivity contribution >= 4 is 31.8 Å². The number of aliphatic hydroxyl groups excluding tert-OH is 3. The number of piperidine rings is 1. The topological polar surface area (TPSA) is 132 Å². The second-order valence-corrected chi connectivity index (χ2v) is 17.1. The molecule has 11 heteroatoms. The van der Waals surface area contributed by atoms with Crippen LogP contribution < -0.4 is 15.4 Å². The molecule has 5 atom stereocenters. The zero-order chi connectivity index (χ0) is 36.5. The number of carbonyl (C=O) groups is 2. The molecular formula is C39H57N3O7P+. The molecule has 0 bridgehead atoms. The Hall–Kier alpha value is -2.85. The Morgan fingerprint density at radius 3 is 2.44 bits per heavy atom. The summed E-state index contributed by atoms with van der Waals surface area (Å²) in [5.74, 6) is 0.361. The summed E-state index contributed by atoms with van der Waals surface area (Å²) in [6.07, 6.45) is 4.06. The molecule has 2 aromatic rings. The van der Waals surface area contributed by atoms with Crippen LogP contribution in [0.4, 0.5) is 0 Å². The second kappa shape index (κ2) is 15.4. The number of nitrogens with one attached hydrogen (secondary N) is 1. The van der Waals surface area contributed by atoms with E-state index in [1.807, 2.05) is 43.0 Å². The molecule has 0 saturated carbocycles. The monoisotopic (exact) mass is 710 g/mol. The predicted molar refractivity (Wildman–Crippen MR) is 200 cm³/mol. The summed E-state index contributed by atoms with van der Waals surface area (Å²) in [4.78, 5) is 31.1. The smallest absolute Gasteiger partial charge is 0.247 e. The lowest BCUT2D eigenvalue weighted by molar-refractivity contribution is -0.180. The Bertz CT molecular complexity index is 1600. The van der Waals surface area contributed by atoms with Crippen LogP contribution in [0.3, 0.4) is 0 Å². The first-order valence-electron chi connectivity index (χ1n) is 17.8. The lowest BCUT2D eigenvalue weighted by Crippen LogP contribution is -2.59. The van der Waals surface area contributed by atoms with Gasteiger partial charge in [0.05, 0.1) is 42.8 Å². The fourth-order valence-electron chi connectivity index (χ4n) is 7.45. The molecular weight excluding hydrogens is 653 g/mol. The van der Waals surface area contributed by atoms with E-state index in [9.17, 15) is 24.9 Å². The SMILES string of the molecule is COc1cc2c(cc1[C@@H]1O[C@H](CO)C[C@H](O)[C@H]1O)Cc1c(C)cc(/C=C/C(C)(C)C(=O)NC(C)(C)C(=O)N3CCC(N(C)C)CC3)cc1C[PH2+]2. The maximum atomic E-state index is 13.6. The summed E-state index contributed by atoms with van der Waals surface area (Å²) >= 11 is 0. The number of hydrogen-bond donors (Lipinski definition) is 4. The Labute approximate surface area is 299 Å². The van der Waals surface area contributed by atoms with Gasteiger partial charge in [-0.1, -0.05) is 18.2 Å². The van der Waals surface area contributed by atoms with E-state index in [-0.39, 0.29) is 33.4 Å². The molecule has 3 heterocycles. The molecule has 1 unspecified atom stereocenters. The number of ether oxygens (including phenoxy) is 2. The lowest BCUT2D eigenvalue weighted by Gasteiger charge is -2.39. The fraction of sp³-hybridized carbons (Fsp3) is 0.590. The van der Waals surface area contributed by atoms with Gasteiger partial charge >= 0.3 is 0 Å². The molecule has 50 heavy (non-hydrogen) atoms. The highest BCUT2D eigenvalue weighted by molar-refractivity contribution is 7.46. The van der Waals surface area contributed by atoms with Crippen LogP contribution in [-0.4, -0.2) is 108 Å². The largest absolute Gasteiger partial charge is 0.496 e. The number of benzene rings is 2. The minimum Gasteiger partial charge on any atom is -0.496 e. The molecule has 10 nitrogen and oxygen atoms in total. The summed E-state index contributed by atoms with van der Waals surface area (Å²) in [5.41, 5.74) is 4.66. The molecule has 2 amide bonds. The first-order valence-corrected chi connectivity index (χ1v) is 19.2. The van der Waals surface area contributed by atoms with Crippen molar-refractivity contribution in [1.82, 2.24) is 15.1 Å². The van der Waals surface area contributed by atoms with Crippen molar-refractivity contribution in [3.05, 3.63) is 63.7 Å². The third-order valence-electron chi connectivity index (χ3n) is 10.8. The Morgan fingerprint density at radius 2 is 1.80 bits per heavy atom. The van der Waals surface area contributed by atoms with Crippen LogP contribution in [0.15, 0.2) is 30.3 Å². The Morgan fingerprint density at radius 1 is 1.10 bits per heavy atom. The van der Waals surface area contributed by atoms with Crippen molar-refractivity contribution in [3.8, 4) is 5.75 Å². The van der Waals surface area contributed by atoms with Crippen LogP contribution >= 0.6 is 8.58 Å². The van der Waals surface area contributed by atoms with Gasteiger partial charge in [0.2, 0.25) is 11.8 Å². The van der Waals surface area contributed by atoms with Gasteiger partial charge in [-0.3, -0.25) is 9.59 Å². The van der Waals surface area contributed by atoms with Crippen molar-refractivity contribution in [2.24, 2.45) is 5.41 Å². The normalized spacial score (nSPS) is 23.9. The summed E-state index contributed by atoms with van der Waals surface area (Å²) in [7, 11) is 5.63. The molecule has 4 N–H and O–H groups in total. The number of fused-ring (bicyclic) bond motifs is 2. The second-order valence-electron chi connectivity index (χ2n) is 15.6. The predicted octanol–water partition coefficient (Wildman–Crippen LogP) is 3.18. The molecule has 0 aromatic heterocycles. The van der Waals surface area contributed by atoms with Crippen LogP contribution in [0.25, 0.3) is 6.08 Å². The molecule has 0 aliphatic carbocycles. The molecule has 2 saturated heterocycles. The molecule has 2 fully saturated rings. The van der Waals surface area contributed by atoms with E-state index in [1.165, 1.54) is 16.4 Å². The van der Waals surface area contributed by atoms with Crippen molar-refractivity contribution < 1.29 is 34.4 Å². The lowest BCUT2D eigenvalue weighted by atomic mass is 9.87. The van der Waals surface area contributed by atoms with Gasteiger partial charge in [-0.2, -0.15) is 0 Å². The highest BCUT2D eigenvalue weighted by Crippen LogP contribution is 2.40. The van der Waals surface area contributed by atoms with Crippen LogP contribution in [0, 0.1) is 12.3 Å². The van der Waals surface area contributed by atoms with Gasteiger partial charge in [0.15, 0.2) is 0 Å². The maximum absolute atomic E-state index is 13.6. The Balaban J connectivity index is 1.31. The van der Waals surface area contributed by atoms with Gasteiger partial charge < -0.3 is 39.9 Å². The van der Waals surface area contributed by atoms with Crippen molar-refractivity contribution in [3.63, 3.8) is 0 Å². The van der Waals surface area contributed by atoms with Gasteiger partial charge in [-0.15, -0.1) is 0 Å². The quantitative estimate of drug-likeness (QED) is 0.292. The van der Waals surface area contributed by atoms with Gasteiger partial charge in [-0.25, -0.2) is 0 Å². The summed E-state index contributed by atoms with van der Waals surface area (Å²) in [5, 5.41) is 35.4. The Kier molecular flexibility index (Phi) is 11.8. The van der Waals surface area contributed by atoms with E-state index in [1.54, 1.807) is 21.0 Å². The molecule has 2 aromatic carbocycles. The zero-order valence-corrected chi connectivity index (χ0v) is 32.1. The average Bonchev–Trinajstić information content (AvgIpc) is 3.26. The van der Waals surface area contributed by atoms with Gasteiger partial charge in [0.25, 0.3) is 0 Å². The number of carbonyl (C=O) groups excluding carboxylic acids is 2.